The normalized spacial score (nSPS) is 22.3. The minimum Gasteiger partial charge on any atom is -0.547 e. The van der Waals surface area contributed by atoms with Crippen molar-refractivity contribution in [3.05, 3.63) is 36.6 Å². The number of unbranched alkanes of at least 4 members (excludes halogenated alkanes) is 3. The van der Waals surface area contributed by atoms with Crippen LogP contribution in [-0.2, 0) is 17.7 Å². The second-order valence-electron chi connectivity index (χ2n) is 22.6. The molecule has 0 bridgehead atoms. The average Bonchev–Trinajstić information content (AvgIpc) is 3.24. The maximum atomic E-state index is 7.40. The lowest BCUT2D eigenvalue weighted by atomic mass is 9.89. The molecule has 0 spiro atoms. The van der Waals surface area contributed by atoms with Gasteiger partial charge in [0.2, 0.25) is 8.32 Å². The van der Waals surface area contributed by atoms with Crippen LogP contribution in [0.15, 0.2) is 36.6 Å². The molecule has 0 radical (unpaired) electrons. The second kappa shape index (κ2) is 19.5. The van der Waals surface area contributed by atoms with Crippen LogP contribution in [0.1, 0.15) is 148 Å². The third-order valence-electron chi connectivity index (χ3n) is 13.9. The smallest absolute Gasteiger partial charge is 0.250 e. The number of allylic oxidation sites excluding steroid dienone is 3. The molecule has 0 saturated heterocycles. The van der Waals surface area contributed by atoms with Crippen LogP contribution >= 0.6 is 0 Å². The van der Waals surface area contributed by atoms with Gasteiger partial charge in [0.25, 0.3) is 0 Å². The summed E-state index contributed by atoms with van der Waals surface area (Å²) in [5, 5.41) is 0.641. The molecule has 0 N–H and O–H groups in total. The van der Waals surface area contributed by atoms with E-state index >= 15 is 0 Å². The zero-order valence-corrected chi connectivity index (χ0v) is 43.4. The molecule has 53 heavy (non-hydrogen) atoms. The SMILES string of the molecule is C=C(CCCC=CC[C@@H]1[C@@H](C=C[C@H](CCCCC)O[Si](C)(C)C(C)(C)C)[C@H](O[Si](C)(C)C(C)(C)C)C[C@@H]1O[Si](C)(C)C(C)(C)C)O[Si](C)(C)C(C)(C)C. The van der Waals surface area contributed by atoms with Crippen LogP contribution in [-0.4, -0.2) is 51.6 Å². The standard InChI is InChI=1S/C45H92O4Si4/c1-23-24-27-31-37(47-51(17,18)43(6,7)8)33-34-39-38(32-29-26-25-28-30-36(2)46-50(15,16)42(3,4)5)40(48-52(19,20)44(9,10)11)35-41(39)49-53(21,22)45(12,13)14/h26,29,33-34,37-41H,2,23-25,27-28,30-32,35H2,1,3-22H3/t37-,38+,39+,40-,41+/m0/s1. The Bertz CT molecular complexity index is 1170. The Labute approximate surface area is 336 Å². The van der Waals surface area contributed by atoms with Gasteiger partial charge in [0.05, 0.1) is 24.1 Å². The van der Waals surface area contributed by atoms with E-state index in [0.29, 0.717) is 5.92 Å². The van der Waals surface area contributed by atoms with Gasteiger partial charge >= 0.3 is 0 Å². The molecule has 0 unspecified atom stereocenters. The molecule has 1 fully saturated rings. The van der Waals surface area contributed by atoms with Gasteiger partial charge in [-0.1, -0.05) is 140 Å². The first kappa shape index (κ1) is 50.8. The van der Waals surface area contributed by atoms with E-state index in [-0.39, 0.29) is 44.4 Å². The van der Waals surface area contributed by atoms with E-state index in [9.17, 15) is 0 Å². The number of hydrogen-bond donors (Lipinski definition) is 0. The summed E-state index contributed by atoms with van der Waals surface area (Å²) >= 11 is 0. The van der Waals surface area contributed by atoms with Crippen LogP contribution in [0.3, 0.4) is 0 Å². The van der Waals surface area contributed by atoms with Crippen molar-refractivity contribution < 1.29 is 17.7 Å². The molecule has 5 atom stereocenters. The largest absolute Gasteiger partial charge is 0.547 e. The molecule has 0 aliphatic heterocycles. The van der Waals surface area contributed by atoms with E-state index in [0.717, 1.165) is 44.3 Å². The highest BCUT2D eigenvalue weighted by atomic mass is 28.4. The van der Waals surface area contributed by atoms with Crippen molar-refractivity contribution >= 4 is 33.3 Å². The Morgan fingerprint density at radius 2 is 1.15 bits per heavy atom. The van der Waals surface area contributed by atoms with Crippen molar-refractivity contribution in [3.8, 4) is 0 Å². The summed E-state index contributed by atoms with van der Waals surface area (Å²) in [5.74, 6) is 1.58. The third-order valence-corrected chi connectivity index (χ3v) is 31.8. The van der Waals surface area contributed by atoms with Gasteiger partial charge in [0.1, 0.15) is 0 Å². The van der Waals surface area contributed by atoms with Crippen LogP contribution in [0, 0.1) is 11.8 Å². The van der Waals surface area contributed by atoms with Crippen molar-refractivity contribution in [2.45, 2.75) is 239 Å². The molecule has 0 amide bonds. The van der Waals surface area contributed by atoms with Crippen molar-refractivity contribution in [3.63, 3.8) is 0 Å². The predicted octanol–water partition coefficient (Wildman–Crippen LogP) is 15.6. The van der Waals surface area contributed by atoms with E-state index in [1.54, 1.807) is 0 Å². The highest BCUT2D eigenvalue weighted by molar-refractivity contribution is 6.75. The van der Waals surface area contributed by atoms with E-state index in [1.807, 2.05) is 0 Å². The molecular formula is C45H92O4Si4. The van der Waals surface area contributed by atoms with Gasteiger partial charge in [0, 0.05) is 12.3 Å². The number of rotatable bonds is 20. The Morgan fingerprint density at radius 3 is 1.62 bits per heavy atom. The van der Waals surface area contributed by atoms with Gasteiger partial charge in [-0.2, -0.15) is 0 Å². The maximum Gasteiger partial charge on any atom is 0.250 e. The summed E-state index contributed by atoms with van der Waals surface area (Å²) in [6.07, 6.45) is 20.0. The molecule has 4 nitrogen and oxygen atoms in total. The molecule has 312 valence electrons. The average molecular weight is 810 g/mol. The fourth-order valence-corrected chi connectivity index (χ4v) is 11.2. The van der Waals surface area contributed by atoms with Gasteiger partial charge in [0.15, 0.2) is 25.0 Å². The van der Waals surface area contributed by atoms with Gasteiger partial charge in [-0.05, 0) is 111 Å². The Balaban J connectivity index is 3.53. The van der Waals surface area contributed by atoms with Crippen molar-refractivity contribution in [2.75, 3.05) is 0 Å². The van der Waals surface area contributed by atoms with Crippen LogP contribution < -0.4 is 0 Å². The van der Waals surface area contributed by atoms with E-state index in [2.05, 4.69) is 173 Å². The van der Waals surface area contributed by atoms with Crippen LogP contribution in [0.25, 0.3) is 0 Å². The lowest BCUT2D eigenvalue weighted by Gasteiger charge is -2.40. The van der Waals surface area contributed by atoms with E-state index in [1.165, 1.54) is 19.3 Å². The van der Waals surface area contributed by atoms with E-state index in [4.69, 9.17) is 17.7 Å². The van der Waals surface area contributed by atoms with Gasteiger partial charge in [-0.3, -0.25) is 0 Å². The van der Waals surface area contributed by atoms with E-state index < -0.39 is 33.3 Å². The molecule has 1 rings (SSSR count). The molecule has 0 aromatic rings. The van der Waals surface area contributed by atoms with Gasteiger partial charge in [-0.25, -0.2) is 0 Å². The zero-order chi connectivity index (χ0) is 41.5. The summed E-state index contributed by atoms with van der Waals surface area (Å²) in [7, 11) is -7.86. The monoisotopic (exact) mass is 809 g/mol. The number of hydrogen-bond acceptors (Lipinski definition) is 4. The van der Waals surface area contributed by atoms with Crippen molar-refractivity contribution in [1.29, 1.82) is 0 Å². The molecule has 0 aromatic carbocycles. The van der Waals surface area contributed by atoms with Gasteiger partial charge in [-0.15, -0.1) is 0 Å². The first-order valence-electron chi connectivity index (χ1n) is 21.4. The first-order chi connectivity index (χ1) is 23.7. The van der Waals surface area contributed by atoms with Crippen LogP contribution in [0.4, 0.5) is 0 Å². The summed E-state index contributed by atoms with van der Waals surface area (Å²) in [6.45, 7) is 53.8. The lowest BCUT2D eigenvalue weighted by Crippen LogP contribution is -2.45. The fourth-order valence-electron chi connectivity index (χ4n) is 5.98. The Hall–Kier alpha value is -0.232. The van der Waals surface area contributed by atoms with Crippen molar-refractivity contribution in [1.82, 2.24) is 0 Å². The van der Waals surface area contributed by atoms with Gasteiger partial charge < -0.3 is 17.7 Å². The van der Waals surface area contributed by atoms with Crippen LogP contribution in [0.2, 0.25) is 72.5 Å². The molecule has 1 aliphatic rings. The molecule has 8 heteroatoms. The predicted molar refractivity (Wildman–Crippen MR) is 246 cm³/mol. The summed E-state index contributed by atoms with van der Waals surface area (Å²) in [6, 6.07) is 0. The Morgan fingerprint density at radius 1 is 0.660 bits per heavy atom. The second-order valence-corrected chi connectivity index (χ2v) is 41.6. The topological polar surface area (TPSA) is 36.9 Å². The quantitative estimate of drug-likeness (QED) is 0.0531. The zero-order valence-electron chi connectivity index (χ0n) is 39.4. The molecule has 1 saturated carbocycles. The molecular weight excluding hydrogens is 717 g/mol. The molecule has 1 aliphatic carbocycles. The van der Waals surface area contributed by atoms with Crippen molar-refractivity contribution in [2.24, 2.45) is 11.8 Å². The minimum absolute atomic E-state index is 0.133. The highest BCUT2D eigenvalue weighted by Gasteiger charge is 2.50. The lowest BCUT2D eigenvalue weighted by molar-refractivity contribution is 0.129. The highest BCUT2D eigenvalue weighted by Crippen LogP contribution is 2.48. The Kier molecular flexibility index (Phi) is 18.7. The maximum absolute atomic E-state index is 7.40. The molecule has 0 heterocycles. The van der Waals surface area contributed by atoms with Crippen LogP contribution in [0.5, 0.6) is 0 Å². The third kappa shape index (κ3) is 15.6. The molecule has 0 aromatic heterocycles. The summed E-state index contributed by atoms with van der Waals surface area (Å²) in [5.41, 5.74) is 0. The minimum atomic E-state index is -2.04. The first-order valence-corrected chi connectivity index (χ1v) is 33.1. The summed E-state index contributed by atoms with van der Waals surface area (Å²) in [4.78, 5) is 0. The fraction of sp³-hybridized carbons (Fsp3) is 0.867. The summed E-state index contributed by atoms with van der Waals surface area (Å²) < 4.78 is 28.4.